The molecule has 0 unspecified atom stereocenters. The first kappa shape index (κ1) is 10.7. The van der Waals surface area contributed by atoms with Gasteiger partial charge in [-0.05, 0) is 11.6 Å². The highest BCUT2D eigenvalue weighted by Crippen LogP contribution is 2.00. The summed E-state index contributed by atoms with van der Waals surface area (Å²) in [7, 11) is 0. The molecule has 0 atom stereocenters. The van der Waals surface area contributed by atoms with Crippen LogP contribution in [-0.2, 0) is 0 Å². The number of nitrogens with zero attached hydrogens (tertiary/aromatic N) is 1. The molecule has 0 aliphatic rings. The number of hydrogen-bond acceptors (Lipinski definition) is 2. The molecule has 0 radical (unpaired) electrons. The van der Waals surface area contributed by atoms with E-state index < -0.39 is 0 Å². The van der Waals surface area contributed by atoms with Gasteiger partial charge >= 0.3 is 0 Å². The van der Waals surface area contributed by atoms with Gasteiger partial charge in [0.1, 0.15) is 0 Å². The second-order valence-corrected chi connectivity index (χ2v) is 2.04. The smallest absolute Gasteiger partial charge is 0.152 e. The molecule has 0 saturated carbocycles. The molecule has 12 heavy (non-hydrogen) atoms. The Labute approximate surface area is 75.2 Å². The fraction of sp³-hybridized carbons (Fsp3) is 0. The molecule has 0 fully saturated rings. The number of rotatable bonds is 1. The fourth-order valence-electron chi connectivity index (χ4n) is 0.637. The highest BCUT2D eigenvalue weighted by Gasteiger charge is 1.78. The van der Waals surface area contributed by atoms with E-state index in [0.717, 1.165) is 5.56 Å². The fourth-order valence-corrected chi connectivity index (χ4v) is 0.782. The van der Waals surface area contributed by atoms with E-state index in [1.807, 2.05) is 36.4 Å². The van der Waals surface area contributed by atoms with Crippen molar-refractivity contribution in [3.8, 4) is 0 Å². The van der Waals surface area contributed by atoms with Crippen LogP contribution in [-0.4, -0.2) is 5.21 Å². The van der Waals surface area contributed by atoms with Crippen molar-refractivity contribution in [3.63, 3.8) is 0 Å². The maximum absolute atomic E-state index is 8.11. The monoisotopic (exact) mass is 185 g/mol. The third-order valence-corrected chi connectivity index (χ3v) is 1.18. The van der Waals surface area contributed by atoms with Gasteiger partial charge in [-0.25, -0.2) is 0 Å². The van der Waals surface area contributed by atoms with Gasteiger partial charge in [0.15, 0.2) is 5.34 Å². The van der Waals surface area contributed by atoms with Gasteiger partial charge in [-0.15, -0.1) is 4.91 Å². The van der Waals surface area contributed by atoms with Crippen LogP contribution >= 0.6 is 11.6 Å². The lowest BCUT2D eigenvalue weighted by Gasteiger charge is -1.86. The Kier molecular flexibility index (Phi) is 6.88. The lowest BCUT2D eigenvalue weighted by Crippen LogP contribution is -1.64. The standard InChI is InChI=1S/C8H7Cl.HNO2/c9-7-6-8-4-2-1-3-5-8;2-1-3/h1-7H;(H,2,3). The van der Waals surface area contributed by atoms with Gasteiger partial charge in [0.05, 0.1) is 0 Å². The molecule has 4 heteroatoms. The maximum atomic E-state index is 8.11. The maximum Gasteiger partial charge on any atom is 0.152 e. The van der Waals surface area contributed by atoms with Crippen molar-refractivity contribution in [3.05, 3.63) is 46.3 Å². The molecule has 0 aromatic heterocycles. The van der Waals surface area contributed by atoms with E-state index in [2.05, 4.69) is 0 Å². The molecular formula is C8H8ClNO2. The largest absolute Gasteiger partial charge is 0.379 e. The lowest BCUT2D eigenvalue weighted by atomic mass is 10.2. The zero-order valence-electron chi connectivity index (χ0n) is 6.22. The van der Waals surface area contributed by atoms with Gasteiger partial charge in [0.2, 0.25) is 0 Å². The molecule has 0 spiro atoms. The second kappa shape index (κ2) is 7.75. The van der Waals surface area contributed by atoms with Gasteiger partial charge in [0.25, 0.3) is 0 Å². The van der Waals surface area contributed by atoms with Crippen LogP contribution < -0.4 is 0 Å². The summed E-state index contributed by atoms with van der Waals surface area (Å²) in [4.78, 5) is 8.11. The summed E-state index contributed by atoms with van der Waals surface area (Å²) >= 11 is 5.36. The van der Waals surface area contributed by atoms with Crippen LogP contribution in [0.1, 0.15) is 5.56 Å². The molecule has 0 heterocycles. The van der Waals surface area contributed by atoms with Gasteiger partial charge in [-0.1, -0.05) is 41.9 Å². The van der Waals surface area contributed by atoms with Crippen LogP contribution in [0.2, 0.25) is 0 Å². The summed E-state index contributed by atoms with van der Waals surface area (Å²) in [6.45, 7) is 0. The molecule has 64 valence electrons. The van der Waals surface area contributed by atoms with Crippen LogP contribution in [0.25, 0.3) is 6.08 Å². The Morgan fingerprint density at radius 2 is 1.83 bits per heavy atom. The van der Waals surface area contributed by atoms with E-state index >= 15 is 0 Å². The summed E-state index contributed by atoms with van der Waals surface area (Å²) in [5.41, 5.74) is 2.64. The molecule has 1 N–H and O–H groups in total. The van der Waals surface area contributed by atoms with Gasteiger partial charge in [-0.3, -0.25) is 0 Å². The predicted molar refractivity (Wildman–Crippen MR) is 48.9 cm³/mol. The van der Waals surface area contributed by atoms with Crippen LogP contribution in [0, 0.1) is 4.91 Å². The summed E-state index contributed by atoms with van der Waals surface area (Å²) in [5, 5.41) is 7.89. The highest BCUT2D eigenvalue weighted by molar-refractivity contribution is 6.27. The van der Waals surface area contributed by atoms with Crippen LogP contribution in [0.15, 0.2) is 41.2 Å². The van der Waals surface area contributed by atoms with E-state index in [0.29, 0.717) is 0 Å². The van der Waals surface area contributed by atoms with Crippen molar-refractivity contribution in [2.75, 3.05) is 0 Å². The van der Waals surface area contributed by atoms with Crippen molar-refractivity contribution >= 4 is 17.7 Å². The average Bonchev–Trinajstić information content (AvgIpc) is 2.08. The van der Waals surface area contributed by atoms with Crippen molar-refractivity contribution in [1.29, 1.82) is 0 Å². The van der Waals surface area contributed by atoms with Gasteiger partial charge < -0.3 is 5.21 Å². The van der Waals surface area contributed by atoms with Gasteiger partial charge in [0, 0.05) is 5.54 Å². The van der Waals surface area contributed by atoms with E-state index in [4.69, 9.17) is 21.7 Å². The first-order valence-electron chi connectivity index (χ1n) is 3.13. The molecule has 0 aliphatic heterocycles. The second-order valence-electron chi connectivity index (χ2n) is 1.78. The van der Waals surface area contributed by atoms with E-state index in [1.165, 1.54) is 10.9 Å². The van der Waals surface area contributed by atoms with Crippen molar-refractivity contribution in [2.45, 2.75) is 0 Å². The molecule has 1 aromatic rings. The predicted octanol–water partition coefficient (Wildman–Crippen LogP) is 3.04. The zero-order chi connectivity index (χ0) is 9.23. The minimum atomic E-state index is 1.13. The SMILES string of the molecule is ClC=Cc1ccccc1.O=NO. The van der Waals surface area contributed by atoms with Crippen LogP contribution in [0.3, 0.4) is 0 Å². The molecule has 0 aliphatic carbocycles. The Morgan fingerprint density at radius 3 is 2.25 bits per heavy atom. The molecule has 1 aromatic carbocycles. The minimum absolute atomic E-state index is 1.13. The molecule has 1 rings (SSSR count). The van der Waals surface area contributed by atoms with E-state index in [1.54, 1.807) is 0 Å². The van der Waals surface area contributed by atoms with Crippen molar-refractivity contribution < 1.29 is 5.21 Å². The van der Waals surface area contributed by atoms with Crippen LogP contribution in [0.5, 0.6) is 0 Å². The number of benzene rings is 1. The molecule has 0 amide bonds. The molecular weight excluding hydrogens is 178 g/mol. The summed E-state index contributed by atoms with van der Waals surface area (Å²) < 4.78 is 0. The zero-order valence-corrected chi connectivity index (χ0v) is 6.98. The van der Waals surface area contributed by atoms with Gasteiger partial charge in [-0.2, -0.15) is 0 Å². The Morgan fingerprint density at radius 1 is 1.33 bits per heavy atom. The lowest BCUT2D eigenvalue weighted by molar-refractivity contribution is 0.312. The Balaban J connectivity index is 0.000000354. The normalized spacial score (nSPS) is 8.75. The molecule has 3 nitrogen and oxygen atoms in total. The van der Waals surface area contributed by atoms with E-state index in [-0.39, 0.29) is 0 Å². The van der Waals surface area contributed by atoms with Crippen molar-refractivity contribution in [2.24, 2.45) is 5.34 Å². The number of hydrogen-bond donors (Lipinski definition) is 1. The minimum Gasteiger partial charge on any atom is -0.379 e. The summed E-state index contributed by atoms with van der Waals surface area (Å²) in [6, 6.07) is 9.93. The first-order valence-corrected chi connectivity index (χ1v) is 3.57. The third kappa shape index (κ3) is 5.44. The topological polar surface area (TPSA) is 49.7 Å². The third-order valence-electron chi connectivity index (χ3n) is 1.06. The Bertz CT molecular complexity index is 236. The summed E-state index contributed by atoms with van der Waals surface area (Å²) in [6.07, 6.45) is 1.85. The van der Waals surface area contributed by atoms with Crippen LogP contribution in [0.4, 0.5) is 0 Å². The average molecular weight is 186 g/mol. The Hall–Kier alpha value is -1.35. The number of halogens is 1. The molecule has 0 saturated heterocycles. The van der Waals surface area contributed by atoms with E-state index in [9.17, 15) is 0 Å². The quantitative estimate of drug-likeness (QED) is 0.540. The van der Waals surface area contributed by atoms with Crippen molar-refractivity contribution in [1.82, 2.24) is 0 Å². The first-order chi connectivity index (χ1) is 5.85. The highest BCUT2D eigenvalue weighted by atomic mass is 35.5. The molecule has 0 bridgehead atoms. The summed E-state index contributed by atoms with van der Waals surface area (Å²) in [5.74, 6) is 0.